The molecule has 1 aliphatic heterocycles. The molecule has 28 heavy (non-hydrogen) atoms. The molecule has 1 aromatic heterocycles. The number of nitrogens with zero attached hydrogens (tertiary/aromatic N) is 1. The number of hydrogen-bond acceptors (Lipinski definition) is 2. The maximum absolute atomic E-state index is 13.2. The van der Waals surface area contributed by atoms with Gasteiger partial charge in [0.05, 0.1) is 6.54 Å². The SMILES string of the molecule is Cc1ccccc1[C@@]1(O)CCN(C(=O)c2ccc3[nH]c4c(c3c2)CCCC4)C1. The molecule has 0 radical (unpaired) electrons. The standard InChI is InChI=1S/C24H26N2O2/c1-16-6-2-4-8-20(16)24(28)12-13-26(15-24)23(27)17-10-11-22-19(14-17)18-7-3-5-9-21(18)25-22/h2,4,6,8,10-11,14,25,28H,3,5,7,9,12-13,15H2,1H3/t24-/m1/s1. The van der Waals surface area contributed by atoms with Crippen LogP contribution in [0.25, 0.3) is 10.9 Å². The molecule has 1 fully saturated rings. The lowest BCUT2D eigenvalue weighted by Crippen LogP contribution is -2.34. The van der Waals surface area contributed by atoms with E-state index in [-0.39, 0.29) is 5.91 Å². The number of benzene rings is 2. The Kier molecular flexibility index (Phi) is 4.06. The quantitative estimate of drug-likeness (QED) is 0.710. The van der Waals surface area contributed by atoms with Crippen LogP contribution in [0.4, 0.5) is 0 Å². The van der Waals surface area contributed by atoms with Crippen LogP contribution < -0.4 is 0 Å². The largest absolute Gasteiger partial charge is 0.383 e. The van der Waals surface area contributed by atoms with Crippen LogP contribution in [-0.4, -0.2) is 34.0 Å². The van der Waals surface area contributed by atoms with Crippen LogP contribution in [0.1, 0.15) is 52.0 Å². The van der Waals surface area contributed by atoms with E-state index in [0.717, 1.165) is 29.5 Å². The number of nitrogens with one attached hydrogen (secondary N) is 1. The predicted molar refractivity (Wildman–Crippen MR) is 111 cm³/mol. The number of amides is 1. The van der Waals surface area contributed by atoms with E-state index in [1.165, 1.54) is 29.5 Å². The van der Waals surface area contributed by atoms with Crippen molar-refractivity contribution in [3.8, 4) is 0 Å². The highest BCUT2D eigenvalue weighted by Crippen LogP contribution is 2.35. The number of carbonyl (C=O) groups excluding carboxylic acids is 1. The third-order valence-electron chi connectivity index (χ3n) is 6.53. The minimum atomic E-state index is -0.960. The van der Waals surface area contributed by atoms with E-state index < -0.39 is 5.60 Å². The summed E-state index contributed by atoms with van der Waals surface area (Å²) in [6.45, 7) is 2.94. The maximum Gasteiger partial charge on any atom is 0.253 e. The Morgan fingerprint density at radius 3 is 2.82 bits per heavy atom. The summed E-state index contributed by atoms with van der Waals surface area (Å²) >= 11 is 0. The van der Waals surface area contributed by atoms with Gasteiger partial charge in [0, 0.05) is 28.7 Å². The zero-order valence-corrected chi connectivity index (χ0v) is 16.3. The van der Waals surface area contributed by atoms with E-state index in [1.807, 2.05) is 49.4 Å². The number of carbonyl (C=O) groups is 1. The molecule has 1 atom stereocenters. The van der Waals surface area contributed by atoms with Crippen LogP contribution in [0.3, 0.4) is 0 Å². The first-order chi connectivity index (χ1) is 13.5. The molecule has 0 bridgehead atoms. The molecule has 1 saturated heterocycles. The summed E-state index contributed by atoms with van der Waals surface area (Å²) in [7, 11) is 0. The van der Waals surface area contributed by atoms with Gasteiger partial charge in [-0.3, -0.25) is 4.79 Å². The molecule has 5 rings (SSSR count). The van der Waals surface area contributed by atoms with Gasteiger partial charge in [0.1, 0.15) is 5.60 Å². The summed E-state index contributed by atoms with van der Waals surface area (Å²) in [5.74, 6) is 0.0113. The molecule has 4 nitrogen and oxygen atoms in total. The molecule has 2 heterocycles. The lowest BCUT2D eigenvalue weighted by atomic mass is 9.89. The van der Waals surface area contributed by atoms with Crippen LogP contribution in [0.15, 0.2) is 42.5 Å². The third kappa shape index (κ3) is 2.75. The van der Waals surface area contributed by atoms with Crippen LogP contribution in [0, 0.1) is 6.92 Å². The number of H-pyrrole nitrogens is 1. The second-order valence-corrected chi connectivity index (χ2v) is 8.37. The van der Waals surface area contributed by atoms with Gasteiger partial charge in [-0.25, -0.2) is 0 Å². The average Bonchev–Trinajstić information content (AvgIpc) is 3.29. The van der Waals surface area contributed by atoms with E-state index in [1.54, 1.807) is 4.90 Å². The van der Waals surface area contributed by atoms with E-state index in [0.29, 0.717) is 25.1 Å². The number of β-amino-alcohol motifs (C(OH)–C–C–N with tert-alkyl or cyclic N) is 1. The number of aryl methyl sites for hydroxylation is 3. The molecule has 0 saturated carbocycles. The molecule has 3 aromatic rings. The van der Waals surface area contributed by atoms with Crippen molar-refractivity contribution in [1.82, 2.24) is 9.88 Å². The predicted octanol–water partition coefficient (Wildman–Crippen LogP) is 4.09. The van der Waals surface area contributed by atoms with E-state index in [2.05, 4.69) is 4.98 Å². The number of aliphatic hydroxyl groups is 1. The molecule has 1 aliphatic carbocycles. The first-order valence-electron chi connectivity index (χ1n) is 10.3. The van der Waals surface area contributed by atoms with Crippen LogP contribution >= 0.6 is 0 Å². The van der Waals surface area contributed by atoms with Crippen molar-refractivity contribution in [2.75, 3.05) is 13.1 Å². The highest BCUT2D eigenvalue weighted by atomic mass is 16.3. The van der Waals surface area contributed by atoms with Crippen molar-refractivity contribution >= 4 is 16.8 Å². The molecule has 2 N–H and O–H groups in total. The Labute approximate surface area is 165 Å². The number of fused-ring (bicyclic) bond motifs is 3. The highest BCUT2D eigenvalue weighted by Gasteiger charge is 2.40. The second kappa shape index (κ2) is 6.49. The van der Waals surface area contributed by atoms with Crippen LogP contribution in [-0.2, 0) is 18.4 Å². The number of rotatable bonds is 2. The average molecular weight is 374 g/mol. The number of hydrogen-bond donors (Lipinski definition) is 2. The number of aromatic nitrogens is 1. The lowest BCUT2D eigenvalue weighted by molar-refractivity contribution is 0.0412. The van der Waals surface area contributed by atoms with Crippen molar-refractivity contribution in [2.24, 2.45) is 0 Å². The Morgan fingerprint density at radius 2 is 1.96 bits per heavy atom. The minimum Gasteiger partial charge on any atom is -0.383 e. The van der Waals surface area contributed by atoms with E-state index in [4.69, 9.17) is 0 Å². The minimum absolute atomic E-state index is 0.0113. The van der Waals surface area contributed by atoms with E-state index >= 15 is 0 Å². The lowest BCUT2D eigenvalue weighted by Gasteiger charge is -2.25. The summed E-state index contributed by atoms with van der Waals surface area (Å²) < 4.78 is 0. The molecule has 0 spiro atoms. The Bertz CT molecular complexity index is 1070. The van der Waals surface area contributed by atoms with Crippen LogP contribution in [0.5, 0.6) is 0 Å². The molecule has 2 aromatic carbocycles. The fourth-order valence-electron chi connectivity index (χ4n) is 5.00. The van der Waals surface area contributed by atoms with Crippen molar-refractivity contribution in [1.29, 1.82) is 0 Å². The maximum atomic E-state index is 13.2. The van der Waals surface area contributed by atoms with Gasteiger partial charge >= 0.3 is 0 Å². The molecular weight excluding hydrogens is 348 g/mol. The normalized spacial score (nSPS) is 21.9. The number of likely N-dealkylation sites (tertiary alicyclic amines) is 1. The molecule has 1 amide bonds. The molecular formula is C24H26N2O2. The fraction of sp³-hybridized carbons (Fsp3) is 0.375. The molecule has 144 valence electrons. The number of aromatic amines is 1. The summed E-state index contributed by atoms with van der Waals surface area (Å²) in [5, 5.41) is 12.4. The van der Waals surface area contributed by atoms with Gasteiger partial charge in [0.15, 0.2) is 0 Å². The second-order valence-electron chi connectivity index (χ2n) is 8.37. The molecule has 2 aliphatic rings. The van der Waals surface area contributed by atoms with Gasteiger partial charge in [0.25, 0.3) is 5.91 Å². The summed E-state index contributed by atoms with van der Waals surface area (Å²) in [6.07, 6.45) is 5.21. The Hall–Kier alpha value is -2.59. The fourth-order valence-corrected chi connectivity index (χ4v) is 5.00. The Balaban J connectivity index is 1.43. The topological polar surface area (TPSA) is 56.3 Å². The van der Waals surface area contributed by atoms with Crippen molar-refractivity contribution < 1.29 is 9.90 Å². The smallest absolute Gasteiger partial charge is 0.253 e. The first kappa shape index (κ1) is 17.5. The molecule has 0 unspecified atom stereocenters. The van der Waals surface area contributed by atoms with Gasteiger partial charge in [-0.1, -0.05) is 24.3 Å². The highest BCUT2D eigenvalue weighted by molar-refractivity contribution is 5.99. The van der Waals surface area contributed by atoms with Crippen molar-refractivity contribution in [3.63, 3.8) is 0 Å². The Morgan fingerprint density at radius 1 is 1.14 bits per heavy atom. The van der Waals surface area contributed by atoms with Crippen molar-refractivity contribution in [2.45, 2.75) is 44.6 Å². The van der Waals surface area contributed by atoms with Gasteiger partial charge in [0.2, 0.25) is 0 Å². The van der Waals surface area contributed by atoms with Gasteiger partial charge < -0.3 is 15.0 Å². The molecule has 4 heteroatoms. The van der Waals surface area contributed by atoms with Gasteiger partial charge in [-0.05, 0) is 73.9 Å². The monoisotopic (exact) mass is 374 g/mol. The summed E-state index contributed by atoms with van der Waals surface area (Å²) in [6, 6.07) is 13.9. The van der Waals surface area contributed by atoms with Gasteiger partial charge in [-0.15, -0.1) is 0 Å². The zero-order valence-electron chi connectivity index (χ0n) is 16.3. The van der Waals surface area contributed by atoms with Gasteiger partial charge in [-0.2, -0.15) is 0 Å². The zero-order chi connectivity index (χ0) is 19.3. The van der Waals surface area contributed by atoms with Crippen LogP contribution in [0.2, 0.25) is 0 Å². The van der Waals surface area contributed by atoms with E-state index in [9.17, 15) is 9.90 Å². The summed E-state index contributed by atoms with van der Waals surface area (Å²) in [4.78, 5) is 18.5. The van der Waals surface area contributed by atoms with Crippen molar-refractivity contribution in [3.05, 3.63) is 70.4 Å². The summed E-state index contributed by atoms with van der Waals surface area (Å²) in [5.41, 5.74) is 5.60. The first-order valence-corrected chi connectivity index (χ1v) is 10.3. The third-order valence-corrected chi connectivity index (χ3v) is 6.53.